The van der Waals surface area contributed by atoms with Gasteiger partial charge in [-0.25, -0.2) is 12.8 Å². The van der Waals surface area contributed by atoms with Crippen LogP contribution in [0.25, 0.3) is 0 Å². The first-order chi connectivity index (χ1) is 9.79. The summed E-state index contributed by atoms with van der Waals surface area (Å²) >= 11 is 3.13. The molecule has 0 radical (unpaired) electrons. The summed E-state index contributed by atoms with van der Waals surface area (Å²) < 4.78 is 43.5. The molecule has 0 aliphatic heterocycles. The molecule has 9 heteroatoms. The highest BCUT2D eigenvalue weighted by atomic mass is 79.9. The molecule has 0 saturated heterocycles. The molecule has 0 N–H and O–H groups in total. The van der Waals surface area contributed by atoms with E-state index in [4.69, 9.17) is 15.4 Å². The van der Waals surface area contributed by atoms with Crippen molar-refractivity contribution in [3.05, 3.63) is 40.4 Å². The Balaban J connectivity index is 2.11. The molecule has 1 aromatic carbocycles. The largest absolute Gasteiger partial charge is 0.492 e. The van der Waals surface area contributed by atoms with E-state index >= 15 is 0 Å². The van der Waals surface area contributed by atoms with Crippen LogP contribution in [0.3, 0.4) is 0 Å². The molecule has 2 aromatic rings. The molecule has 0 fully saturated rings. The van der Waals surface area contributed by atoms with Crippen molar-refractivity contribution in [1.82, 2.24) is 9.78 Å². The second-order valence-electron chi connectivity index (χ2n) is 4.20. The van der Waals surface area contributed by atoms with Crippen LogP contribution in [0.1, 0.15) is 5.69 Å². The molecule has 0 aliphatic carbocycles. The van der Waals surface area contributed by atoms with Crippen LogP contribution in [0, 0.1) is 5.82 Å². The Bertz CT molecular complexity index is 764. The van der Waals surface area contributed by atoms with E-state index in [2.05, 4.69) is 21.0 Å². The number of benzene rings is 1. The minimum absolute atomic E-state index is 0.207. The van der Waals surface area contributed by atoms with Crippen molar-refractivity contribution in [2.45, 2.75) is 11.3 Å². The van der Waals surface area contributed by atoms with Crippen molar-refractivity contribution in [2.75, 3.05) is 6.61 Å². The van der Waals surface area contributed by atoms with Crippen molar-refractivity contribution in [2.24, 2.45) is 7.05 Å². The van der Waals surface area contributed by atoms with Crippen LogP contribution in [0.5, 0.6) is 5.75 Å². The Morgan fingerprint density at radius 2 is 2.19 bits per heavy atom. The third-order valence-corrected chi connectivity index (χ3v) is 4.74. The van der Waals surface area contributed by atoms with Crippen molar-refractivity contribution < 1.29 is 17.5 Å². The van der Waals surface area contributed by atoms with Crippen molar-refractivity contribution >= 4 is 35.7 Å². The van der Waals surface area contributed by atoms with Crippen LogP contribution < -0.4 is 4.74 Å². The number of ether oxygens (including phenoxy) is 1. The second kappa shape index (κ2) is 6.33. The van der Waals surface area contributed by atoms with Crippen LogP contribution in [-0.2, 0) is 22.5 Å². The van der Waals surface area contributed by atoms with E-state index in [0.717, 1.165) is 17.8 Å². The van der Waals surface area contributed by atoms with Gasteiger partial charge in [0, 0.05) is 42.1 Å². The first kappa shape index (κ1) is 16.3. The van der Waals surface area contributed by atoms with Gasteiger partial charge in [-0.2, -0.15) is 5.10 Å². The molecule has 0 atom stereocenters. The van der Waals surface area contributed by atoms with Gasteiger partial charge in [-0.15, -0.1) is 0 Å². The number of hydrogen-bond acceptors (Lipinski definition) is 4. The lowest BCUT2D eigenvalue weighted by atomic mass is 10.3. The standard InChI is InChI=1S/C12H11BrClFN2O3S/c1-17-8(2-4-16-17)3-5-20-11-7-10(15)12(6-9(11)13)21(14,18)19/h2,4,6-7H,3,5H2,1H3. The number of nitrogens with zero attached hydrogens (tertiary/aromatic N) is 2. The van der Waals surface area contributed by atoms with E-state index < -0.39 is 19.8 Å². The van der Waals surface area contributed by atoms with Gasteiger partial charge in [0.25, 0.3) is 9.05 Å². The maximum atomic E-state index is 13.7. The van der Waals surface area contributed by atoms with Crippen molar-refractivity contribution in [1.29, 1.82) is 0 Å². The fourth-order valence-corrected chi connectivity index (χ4v) is 3.23. The molecule has 0 saturated carbocycles. The lowest BCUT2D eigenvalue weighted by Crippen LogP contribution is -2.07. The van der Waals surface area contributed by atoms with E-state index in [1.54, 1.807) is 10.9 Å². The van der Waals surface area contributed by atoms with E-state index in [1.807, 2.05) is 13.1 Å². The summed E-state index contributed by atoms with van der Waals surface area (Å²) in [5.74, 6) is -0.748. The summed E-state index contributed by atoms with van der Waals surface area (Å²) in [5, 5.41) is 4.02. The Morgan fingerprint density at radius 3 is 2.76 bits per heavy atom. The number of aryl methyl sites for hydroxylation is 1. The van der Waals surface area contributed by atoms with Gasteiger partial charge in [-0.05, 0) is 28.1 Å². The normalized spacial score (nSPS) is 11.6. The molecule has 0 unspecified atom stereocenters. The fraction of sp³-hybridized carbons (Fsp3) is 0.250. The minimum Gasteiger partial charge on any atom is -0.492 e. The smallest absolute Gasteiger partial charge is 0.264 e. The van der Waals surface area contributed by atoms with Gasteiger partial charge in [-0.1, -0.05) is 0 Å². The summed E-state index contributed by atoms with van der Waals surface area (Å²) in [5.41, 5.74) is 0.964. The molecule has 1 heterocycles. The van der Waals surface area contributed by atoms with E-state index in [-0.39, 0.29) is 5.75 Å². The Hall–Kier alpha value is -1.12. The molecular weight excluding hydrogens is 387 g/mol. The zero-order chi connectivity index (χ0) is 15.6. The number of rotatable bonds is 5. The molecule has 0 spiro atoms. The summed E-state index contributed by atoms with van der Waals surface area (Å²) in [6, 6.07) is 3.92. The summed E-state index contributed by atoms with van der Waals surface area (Å²) in [7, 11) is 2.81. The third kappa shape index (κ3) is 3.96. The third-order valence-electron chi connectivity index (χ3n) is 2.79. The van der Waals surface area contributed by atoms with E-state index in [0.29, 0.717) is 17.5 Å². The Labute approximate surface area is 134 Å². The number of halogens is 3. The molecule has 0 bridgehead atoms. The maximum Gasteiger partial charge on any atom is 0.264 e. The predicted molar refractivity (Wildman–Crippen MR) is 79.5 cm³/mol. The van der Waals surface area contributed by atoms with Gasteiger partial charge in [0.1, 0.15) is 16.5 Å². The van der Waals surface area contributed by atoms with Crippen LogP contribution in [0.4, 0.5) is 4.39 Å². The Morgan fingerprint density at radius 1 is 1.48 bits per heavy atom. The molecule has 114 valence electrons. The first-order valence-corrected chi connectivity index (χ1v) is 8.92. The molecule has 2 rings (SSSR count). The zero-order valence-corrected chi connectivity index (χ0v) is 14.0. The number of hydrogen-bond donors (Lipinski definition) is 0. The molecule has 1 aromatic heterocycles. The molecule has 21 heavy (non-hydrogen) atoms. The number of aromatic nitrogens is 2. The highest BCUT2D eigenvalue weighted by molar-refractivity contribution is 9.10. The van der Waals surface area contributed by atoms with Gasteiger partial charge >= 0.3 is 0 Å². The van der Waals surface area contributed by atoms with Crippen LogP contribution >= 0.6 is 26.6 Å². The molecule has 5 nitrogen and oxygen atoms in total. The fourth-order valence-electron chi connectivity index (χ4n) is 1.72. The average molecular weight is 398 g/mol. The van der Waals surface area contributed by atoms with Gasteiger partial charge in [0.05, 0.1) is 11.1 Å². The van der Waals surface area contributed by atoms with Crippen LogP contribution in [-0.4, -0.2) is 24.8 Å². The SMILES string of the molecule is Cn1nccc1CCOc1cc(F)c(S(=O)(=O)Cl)cc1Br. The highest BCUT2D eigenvalue weighted by Gasteiger charge is 2.19. The molecule has 0 aliphatic rings. The maximum absolute atomic E-state index is 13.7. The monoisotopic (exact) mass is 396 g/mol. The summed E-state index contributed by atoms with van der Waals surface area (Å²) in [6.45, 7) is 0.296. The van der Waals surface area contributed by atoms with Gasteiger partial charge in [0.15, 0.2) is 0 Å². The molecular formula is C12H11BrClFN2O3S. The quantitative estimate of drug-likeness (QED) is 0.728. The highest BCUT2D eigenvalue weighted by Crippen LogP contribution is 2.31. The van der Waals surface area contributed by atoms with Crippen molar-refractivity contribution in [3.8, 4) is 5.75 Å². The zero-order valence-electron chi connectivity index (χ0n) is 10.9. The van der Waals surface area contributed by atoms with Crippen LogP contribution in [0.2, 0.25) is 0 Å². The topological polar surface area (TPSA) is 61.2 Å². The lowest BCUT2D eigenvalue weighted by molar-refractivity contribution is 0.314. The minimum atomic E-state index is -4.13. The van der Waals surface area contributed by atoms with E-state index in [1.165, 1.54) is 0 Å². The van der Waals surface area contributed by atoms with Gasteiger partial charge in [0.2, 0.25) is 0 Å². The van der Waals surface area contributed by atoms with Crippen molar-refractivity contribution in [3.63, 3.8) is 0 Å². The first-order valence-electron chi connectivity index (χ1n) is 5.82. The lowest BCUT2D eigenvalue weighted by Gasteiger charge is -2.10. The molecule has 0 amide bonds. The van der Waals surface area contributed by atoms with Crippen LogP contribution in [0.15, 0.2) is 33.8 Å². The predicted octanol–water partition coefficient (Wildman–Crippen LogP) is 2.87. The Kier molecular flexibility index (Phi) is 4.90. The summed E-state index contributed by atoms with van der Waals surface area (Å²) in [6.07, 6.45) is 2.26. The summed E-state index contributed by atoms with van der Waals surface area (Å²) in [4.78, 5) is -0.588. The average Bonchev–Trinajstić information content (AvgIpc) is 2.77. The van der Waals surface area contributed by atoms with E-state index in [9.17, 15) is 12.8 Å². The van der Waals surface area contributed by atoms with Gasteiger partial charge < -0.3 is 4.74 Å². The second-order valence-corrected chi connectivity index (χ2v) is 7.58. The van der Waals surface area contributed by atoms with Gasteiger partial charge in [-0.3, -0.25) is 4.68 Å².